The number of fused-ring (bicyclic) bond motifs is 1. The third-order valence-electron chi connectivity index (χ3n) is 2.00. The molecule has 14 heavy (non-hydrogen) atoms. The normalized spacial score (nSPS) is 10.7. The minimum Gasteiger partial charge on any atom is -0.298 e. The van der Waals surface area contributed by atoms with E-state index in [0.29, 0.717) is 0 Å². The molecule has 1 heterocycles. The van der Waals surface area contributed by atoms with Crippen molar-refractivity contribution in [2.75, 3.05) is 6.26 Å². The molecule has 1 aromatic carbocycles. The van der Waals surface area contributed by atoms with Gasteiger partial charge in [-0.15, -0.1) is 23.1 Å². The lowest BCUT2D eigenvalue weighted by Crippen LogP contribution is -1.85. The van der Waals surface area contributed by atoms with Crippen LogP contribution in [0.15, 0.2) is 26.9 Å². The van der Waals surface area contributed by atoms with Gasteiger partial charge in [0.25, 0.3) is 0 Å². The third-order valence-corrected chi connectivity index (χ3v) is 4.57. The van der Waals surface area contributed by atoms with Crippen LogP contribution in [-0.2, 0) is 0 Å². The summed E-state index contributed by atoms with van der Waals surface area (Å²) in [7, 11) is 0. The summed E-state index contributed by atoms with van der Waals surface area (Å²) in [5.41, 5.74) is 0.763. The van der Waals surface area contributed by atoms with E-state index < -0.39 is 0 Å². The Morgan fingerprint density at radius 1 is 1.57 bits per heavy atom. The van der Waals surface area contributed by atoms with Crippen molar-refractivity contribution in [2.24, 2.45) is 0 Å². The van der Waals surface area contributed by atoms with Gasteiger partial charge in [0.1, 0.15) is 0 Å². The first-order valence-corrected chi connectivity index (χ1v) is 6.86. The van der Waals surface area contributed by atoms with Crippen LogP contribution in [0.1, 0.15) is 10.4 Å². The van der Waals surface area contributed by atoms with Gasteiger partial charge in [0, 0.05) is 25.0 Å². The number of carbonyl (C=O) groups excluding carboxylic acids is 1. The third kappa shape index (κ3) is 1.51. The van der Waals surface area contributed by atoms with Crippen molar-refractivity contribution in [3.8, 4) is 0 Å². The van der Waals surface area contributed by atoms with E-state index in [1.807, 2.05) is 17.7 Å². The van der Waals surface area contributed by atoms with E-state index in [9.17, 15) is 4.79 Å². The zero-order valence-electron chi connectivity index (χ0n) is 7.41. The summed E-state index contributed by atoms with van der Waals surface area (Å²) in [5, 5.41) is 3.23. The minimum absolute atomic E-state index is 0.763. The summed E-state index contributed by atoms with van der Waals surface area (Å²) in [6.45, 7) is 0. The van der Waals surface area contributed by atoms with Crippen molar-refractivity contribution in [2.45, 2.75) is 4.90 Å². The van der Waals surface area contributed by atoms with E-state index in [1.165, 1.54) is 10.1 Å². The zero-order valence-corrected chi connectivity index (χ0v) is 10.6. The molecular formula is C10H7BrOS2. The highest BCUT2D eigenvalue weighted by atomic mass is 79.9. The fourth-order valence-corrected chi connectivity index (χ4v) is 3.99. The Bertz CT molecular complexity index is 490. The number of thiophene rings is 1. The predicted octanol–water partition coefficient (Wildman–Crippen LogP) is 4.20. The molecule has 0 radical (unpaired) electrons. The molecule has 0 bridgehead atoms. The van der Waals surface area contributed by atoms with Gasteiger partial charge in [-0.3, -0.25) is 4.79 Å². The van der Waals surface area contributed by atoms with Crippen LogP contribution >= 0.6 is 39.0 Å². The molecule has 2 rings (SSSR count). The van der Waals surface area contributed by atoms with Gasteiger partial charge in [-0.2, -0.15) is 0 Å². The SMILES string of the molecule is CSc1c(C=O)cc(Br)c2ccsc12. The maximum Gasteiger partial charge on any atom is 0.151 e. The van der Waals surface area contributed by atoms with E-state index in [4.69, 9.17) is 0 Å². The van der Waals surface area contributed by atoms with E-state index in [0.717, 1.165) is 21.2 Å². The molecule has 0 spiro atoms. The molecule has 2 aromatic rings. The number of rotatable bonds is 2. The van der Waals surface area contributed by atoms with Crippen molar-refractivity contribution >= 4 is 55.4 Å². The fourth-order valence-electron chi connectivity index (χ4n) is 1.38. The van der Waals surface area contributed by atoms with E-state index >= 15 is 0 Å². The highest BCUT2D eigenvalue weighted by Gasteiger charge is 2.10. The van der Waals surface area contributed by atoms with Gasteiger partial charge in [-0.25, -0.2) is 0 Å². The summed E-state index contributed by atoms with van der Waals surface area (Å²) < 4.78 is 2.18. The second-order valence-electron chi connectivity index (χ2n) is 2.76. The molecule has 0 atom stereocenters. The maximum atomic E-state index is 10.9. The first-order valence-electron chi connectivity index (χ1n) is 3.96. The standard InChI is InChI=1S/C10H7BrOS2/c1-13-9-6(5-12)4-8(11)7-2-3-14-10(7)9/h2-5H,1H3. The van der Waals surface area contributed by atoms with E-state index in [1.54, 1.807) is 23.1 Å². The van der Waals surface area contributed by atoms with Crippen molar-refractivity contribution in [3.63, 3.8) is 0 Å². The summed E-state index contributed by atoms with van der Waals surface area (Å²) in [6.07, 6.45) is 2.91. The predicted molar refractivity (Wildman–Crippen MR) is 66.7 cm³/mol. The Hall–Kier alpha value is -0.320. The molecule has 0 unspecified atom stereocenters. The van der Waals surface area contributed by atoms with Crippen LogP contribution in [0.4, 0.5) is 0 Å². The average molecular weight is 287 g/mol. The van der Waals surface area contributed by atoms with Gasteiger partial charge in [0.15, 0.2) is 6.29 Å². The van der Waals surface area contributed by atoms with Gasteiger partial charge in [0.2, 0.25) is 0 Å². The van der Waals surface area contributed by atoms with E-state index in [2.05, 4.69) is 22.0 Å². The van der Waals surface area contributed by atoms with Gasteiger partial charge in [-0.05, 0) is 23.8 Å². The second kappa shape index (κ2) is 4.04. The molecule has 0 aliphatic heterocycles. The van der Waals surface area contributed by atoms with Crippen LogP contribution in [0.2, 0.25) is 0 Å². The lowest BCUT2D eigenvalue weighted by Gasteiger charge is -2.04. The lowest BCUT2D eigenvalue weighted by molar-refractivity contribution is 0.112. The minimum atomic E-state index is 0.763. The zero-order chi connectivity index (χ0) is 10.1. The molecule has 0 aliphatic rings. The van der Waals surface area contributed by atoms with Crippen LogP contribution in [0, 0.1) is 0 Å². The molecule has 0 saturated heterocycles. The van der Waals surface area contributed by atoms with E-state index in [-0.39, 0.29) is 0 Å². The van der Waals surface area contributed by atoms with Gasteiger partial charge >= 0.3 is 0 Å². The summed E-state index contributed by atoms with van der Waals surface area (Å²) in [6, 6.07) is 3.95. The highest BCUT2D eigenvalue weighted by molar-refractivity contribution is 9.10. The molecular weight excluding hydrogens is 280 g/mol. The van der Waals surface area contributed by atoms with Crippen LogP contribution in [0.25, 0.3) is 10.1 Å². The quantitative estimate of drug-likeness (QED) is 0.608. The van der Waals surface area contributed by atoms with Crippen molar-refractivity contribution in [3.05, 3.63) is 27.5 Å². The van der Waals surface area contributed by atoms with Crippen LogP contribution in [0.3, 0.4) is 0 Å². The molecule has 0 N–H and O–H groups in total. The first-order chi connectivity index (χ1) is 6.77. The Morgan fingerprint density at radius 3 is 3.00 bits per heavy atom. The molecule has 4 heteroatoms. The summed E-state index contributed by atoms with van der Waals surface area (Å²) in [4.78, 5) is 12.0. The average Bonchev–Trinajstić information content (AvgIpc) is 2.66. The Morgan fingerprint density at radius 2 is 2.36 bits per heavy atom. The largest absolute Gasteiger partial charge is 0.298 e. The molecule has 0 amide bonds. The number of hydrogen-bond donors (Lipinski definition) is 0. The van der Waals surface area contributed by atoms with Crippen LogP contribution in [0.5, 0.6) is 0 Å². The molecule has 0 fully saturated rings. The van der Waals surface area contributed by atoms with Gasteiger partial charge in [-0.1, -0.05) is 15.9 Å². The highest BCUT2D eigenvalue weighted by Crippen LogP contribution is 2.37. The molecule has 0 saturated carbocycles. The summed E-state index contributed by atoms with van der Waals surface area (Å²) in [5.74, 6) is 0. The Labute approximate surface area is 98.6 Å². The Kier molecular flexibility index (Phi) is 2.95. The van der Waals surface area contributed by atoms with Crippen molar-refractivity contribution in [1.82, 2.24) is 0 Å². The van der Waals surface area contributed by atoms with Gasteiger partial charge < -0.3 is 0 Å². The number of aldehydes is 1. The van der Waals surface area contributed by atoms with Crippen LogP contribution < -0.4 is 0 Å². The topological polar surface area (TPSA) is 17.1 Å². The lowest BCUT2D eigenvalue weighted by atomic mass is 10.2. The molecule has 72 valence electrons. The number of thioether (sulfide) groups is 1. The number of benzene rings is 1. The Balaban J connectivity index is 2.88. The number of hydrogen-bond acceptors (Lipinski definition) is 3. The smallest absolute Gasteiger partial charge is 0.151 e. The maximum absolute atomic E-state index is 10.9. The first kappa shape index (κ1) is 10.2. The second-order valence-corrected chi connectivity index (χ2v) is 5.35. The molecule has 1 aromatic heterocycles. The molecule has 0 aliphatic carbocycles. The molecule has 1 nitrogen and oxygen atoms in total. The van der Waals surface area contributed by atoms with Crippen LogP contribution in [-0.4, -0.2) is 12.5 Å². The number of halogens is 1. The van der Waals surface area contributed by atoms with Gasteiger partial charge in [0.05, 0.1) is 0 Å². The summed E-state index contributed by atoms with van der Waals surface area (Å²) >= 11 is 6.76. The van der Waals surface area contributed by atoms with Crippen molar-refractivity contribution < 1.29 is 4.79 Å². The number of carbonyl (C=O) groups is 1. The van der Waals surface area contributed by atoms with Crippen molar-refractivity contribution in [1.29, 1.82) is 0 Å². The fraction of sp³-hybridized carbons (Fsp3) is 0.100. The monoisotopic (exact) mass is 286 g/mol.